The second-order valence-electron chi connectivity index (χ2n) is 33.0. The normalized spacial score (nSPS) is 24.9. The van der Waals surface area contributed by atoms with Gasteiger partial charge in [0.15, 0.2) is 0 Å². The maximum Gasteiger partial charge on any atom is 0.407 e. The number of nitrogens with zero attached hydrogens (tertiary/aromatic N) is 7. The Labute approximate surface area is 632 Å². The number of unbranched alkanes of at least 4 members (excludes halogenated alkanes) is 3. The van der Waals surface area contributed by atoms with Crippen LogP contribution in [0.15, 0.2) is 0 Å². The van der Waals surface area contributed by atoms with Gasteiger partial charge in [-0.15, -0.1) is 0 Å². The molecule has 28 nitrogen and oxygen atoms in total. The lowest BCUT2D eigenvalue weighted by molar-refractivity contribution is -0.157. The summed E-state index contributed by atoms with van der Waals surface area (Å²) in [4.78, 5) is 199. The number of ether oxygens (including phenoxy) is 2. The molecule has 29 heteroatoms. The summed E-state index contributed by atoms with van der Waals surface area (Å²) < 4.78 is 9.48. The molecule has 0 saturated carbocycles. The van der Waals surface area contributed by atoms with Gasteiger partial charge in [0, 0.05) is 66.4 Å². The summed E-state index contributed by atoms with van der Waals surface area (Å²) in [5.74, 6) is -11.4. The second kappa shape index (κ2) is 43.9. The van der Waals surface area contributed by atoms with Gasteiger partial charge in [0.05, 0.1) is 19.6 Å². The molecule has 0 aromatic heterocycles. The van der Waals surface area contributed by atoms with Crippen LogP contribution in [0.25, 0.3) is 0 Å². The van der Waals surface area contributed by atoms with Crippen molar-refractivity contribution in [1.29, 1.82) is 0 Å². The van der Waals surface area contributed by atoms with Crippen LogP contribution >= 0.6 is 11.8 Å². The lowest BCUT2D eigenvalue weighted by atomic mass is 9.90. The third-order valence-corrected chi connectivity index (χ3v) is 20.7. The lowest BCUT2D eigenvalue weighted by Gasteiger charge is -2.42. The molecule has 1 rings (SSSR count). The van der Waals surface area contributed by atoms with Crippen LogP contribution in [-0.4, -0.2) is 268 Å². The molecule has 1 aliphatic rings. The van der Waals surface area contributed by atoms with Crippen LogP contribution in [0.4, 0.5) is 4.79 Å². The number of rotatable bonds is 25. The summed E-state index contributed by atoms with van der Waals surface area (Å²) in [6.07, 6.45) is 1.02. The number of carbonyl (C=O) groups excluding carboxylic acids is 13. The topological polar surface area (TPSA) is 343 Å². The number of carbonyl (C=O) groups is 13. The molecular weight excluding hydrogens is 1370 g/mol. The van der Waals surface area contributed by atoms with Gasteiger partial charge in [0.1, 0.15) is 72.1 Å². The van der Waals surface area contributed by atoms with Gasteiger partial charge in [-0.25, -0.2) is 4.79 Å². The maximum atomic E-state index is 15.6. The first kappa shape index (κ1) is 96.2. The number of thioether (sulfide) groups is 1. The number of likely N-dealkylation sites (N-methyl/N-ethyl adjacent to an activating group) is 7. The number of hydrogen-bond acceptors (Lipinski definition) is 17. The van der Waals surface area contributed by atoms with Gasteiger partial charge in [-0.2, -0.15) is 11.8 Å². The van der Waals surface area contributed by atoms with E-state index < -0.39 is 178 Å². The molecule has 105 heavy (non-hydrogen) atoms. The molecule has 604 valence electrons. The van der Waals surface area contributed by atoms with Crippen molar-refractivity contribution < 1.29 is 76.9 Å². The zero-order valence-electron chi connectivity index (χ0n) is 69.3. The van der Waals surface area contributed by atoms with Gasteiger partial charge in [0.2, 0.25) is 65.0 Å². The molecule has 0 bridgehead atoms. The van der Waals surface area contributed by atoms with Gasteiger partial charge < -0.3 is 75.5 Å². The molecule has 13 atom stereocenters. The van der Waals surface area contributed by atoms with Gasteiger partial charge in [-0.1, -0.05) is 130 Å². The third-order valence-electron chi connectivity index (χ3n) is 19.3. The number of aliphatic hydroxyl groups is 1. The minimum absolute atomic E-state index is 0.0658. The van der Waals surface area contributed by atoms with Crippen LogP contribution in [0.2, 0.25) is 0 Å². The molecule has 12 amide bonds. The van der Waals surface area contributed by atoms with Crippen molar-refractivity contribution >= 4 is 88.8 Å². The molecule has 1 saturated heterocycles. The quantitative estimate of drug-likeness (QED) is 0.0436. The van der Waals surface area contributed by atoms with E-state index in [1.54, 1.807) is 76.2 Å². The van der Waals surface area contributed by atoms with Crippen LogP contribution < -0.4 is 26.6 Å². The van der Waals surface area contributed by atoms with Crippen molar-refractivity contribution in [2.45, 2.75) is 299 Å². The van der Waals surface area contributed by atoms with Crippen molar-refractivity contribution in [3.63, 3.8) is 0 Å². The highest BCUT2D eigenvalue weighted by molar-refractivity contribution is 8.00. The molecular formula is C76H138N12O16S. The van der Waals surface area contributed by atoms with Gasteiger partial charge in [0.25, 0.3) is 0 Å². The maximum absolute atomic E-state index is 15.6. The van der Waals surface area contributed by atoms with Gasteiger partial charge in [-0.05, 0) is 121 Å². The first-order valence-corrected chi connectivity index (χ1v) is 38.7. The van der Waals surface area contributed by atoms with Crippen molar-refractivity contribution in [2.24, 2.45) is 41.4 Å². The summed E-state index contributed by atoms with van der Waals surface area (Å²) in [5, 5.41) is 26.6. The van der Waals surface area contributed by atoms with E-state index in [4.69, 9.17) is 9.47 Å². The Kier molecular flexibility index (Phi) is 40.2. The van der Waals surface area contributed by atoms with E-state index in [0.29, 0.717) is 38.6 Å². The number of amides is 12. The zero-order valence-corrected chi connectivity index (χ0v) is 70.1. The Morgan fingerprint density at radius 3 is 1.37 bits per heavy atom. The van der Waals surface area contributed by atoms with E-state index in [1.165, 1.54) is 111 Å². The smallest absolute Gasteiger partial charge is 0.407 e. The molecule has 1 heterocycles. The standard InChI is InChI=1S/C76H138N12O16S/c1-30-52-68(96)86(26)57(42-105-76(20,21)41-58(89)103-29)71(99)82(22)54(38-44(4)5)65(93)81-59(47(10)11)72(100)83(23)53(37-43(2)3)64(92)78-50(15)63(91)79-51(16)67(95)84(24)55(39-45(6)7)69(97)85(25)56(40-46(8)9)70(98)87(27)60(48(12)13)73(101)88(28)61(66(94)80-52)62(90)49(14)35-33-31-32-34-36-77-74(102)104-75(17,18)19/h43-57,59-62,90H,30-42H2,1-29H3,(H,77,102)(H,78,92)(H,79,91)(H,80,94)(H,81,93)/t49-,50-,51+,52+,53-,54+,55+,56+,57-,59-,60+,61+,62-/m1/s1. The summed E-state index contributed by atoms with van der Waals surface area (Å²) in [6, 6.07) is -14.5. The first-order chi connectivity index (χ1) is 48.3. The van der Waals surface area contributed by atoms with Crippen LogP contribution in [0, 0.1) is 41.4 Å². The van der Waals surface area contributed by atoms with E-state index in [0.717, 1.165) is 4.90 Å². The fourth-order valence-electron chi connectivity index (χ4n) is 12.9. The van der Waals surface area contributed by atoms with Crippen molar-refractivity contribution in [3.8, 4) is 0 Å². The highest BCUT2D eigenvalue weighted by Gasteiger charge is 2.47. The lowest BCUT2D eigenvalue weighted by Crippen LogP contribution is -2.64. The molecule has 6 N–H and O–H groups in total. The molecule has 1 aliphatic heterocycles. The minimum Gasteiger partial charge on any atom is -0.469 e. The monoisotopic (exact) mass is 1510 g/mol. The molecule has 1 fully saturated rings. The van der Waals surface area contributed by atoms with Crippen LogP contribution in [-0.2, 0) is 67.0 Å². The van der Waals surface area contributed by atoms with Crippen LogP contribution in [0.3, 0.4) is 0 Å². The van der Waals surface area contributed by atoms with Gasteiger partial charge >= 0.3 is 12.1 Å². The summed E-state index contributed by atoms with van der Waals surface area (Å²) in [5.41, 5.74) is -0.670. The predicted molar refractivity (Wildman–Crippen MR) is 408 cm³/mol. The highest BCUT2D eigenvalue weighted by Crippen LogP contribution is 2.32. The Balaban J connectivity index is 4.59. The Bertz CT molecular complexity index is 2900. The number of alkyl carbamates (subject to hydrolysis) is 1. The minimum atomic E-state index is -1.72. The molecule has 0 radical (unpaired) electrons. The summed E-state index contributed by atoms with van der Waals surface area (Å²) >= 11 is 1.19. The van der Waals surface area contributed by atoms with Crippen LogP contribution in [0.5, 0.6) is 0 Å². The van der Waals surface area contributed by atoms with E-state index in [-0.39, 0.29) is 67.9 Å². The number of methoxy groups -OCH3 is 1. The fourth-order valence-corrected chi connectivity index (χ4v) is 14.1. The van der Waals surface area contributed by atoms with Crippen molar-refractivity contribution in [3.05, 3.63) is 0 Å². The third kappa shape index (κ3) is 30.1. The highest BCUT2D eigenvalue weighted by atomic mass is 32.2. The number of nitrogens with one attached hydrogen (secondary N) is 5. The molecule has 0 aliphatic carbocycles. The molecule has 0 aromatic rings. The number of hydrogen-bond donors (Lipinski definition) is 6. The van der Waals surface area contributed by atoms with Crippen molar-refractivity contribution in [1.82, 2.24) is 60.9 Å². The van der Waals surface area contributed by atoms with E-state index in [1.807, 2.05) is 55.4 Å². The first-order valence-electron chi connectivity index (χ1n) is 37.8. The fraction of sp³-hybridized carbons (Fsp3) is 0.829. The van der Waals surface area contributed by atoms with Crippen LogP contribution in [0.1, 0.15) is 216 Å². The Morgan fingerprint density at radius 2 is 0.905 bits per heavy atom. The zero-order chi connectivity index (χ0) is 81.4. The summed E-state index contributed by atoms with van der Waals surface area (Å²) in [7, 11) is 11.1. The molecule has 0 unspecified atom stereocenters. The average Bonchev–Trinajstić information content (AvgIpc) is 0.807. The molecule has 0 spiro atoms. The molecule has 0 aromatic carbocycles. The number of aliphatic hydroxyl groups excluding tert-OH is 1. The van der Waals surface area contributed by atoms with E-state index in [9.17, 15) is 33.9 Å². The Morgan fingerprint density at radius 1 is 0.486 bits per heavy atom. The Hall–Kier alpha value is -6.78. The SMILES string of the molecule is CC[C@@H]1NC(=O)[C@H]([C@H](O)[C@H](C)CCCCCCNC(=O)OC(C)(C)C)N(C)C(=O)[C@H](C(C)C)N(C)C(=O)[C@H](CC(C)C)N(C)C(=O)[C@H](CC(C)C)N(C)C(=O)[C@H](C)NC(=O)[C@@H](C)NC(=O)[C@@H](CC(C)C)N(C)C(=O)[C@@H](C(C)C)NC(=O)[C@H](CC(C)C)N(C)C(=O)[C@@H](CSC(C)(C)CC(=O)OC)N(C)C1=O. The van der Waals surface area contributed by atoms with Crippen molar-refractivity contribution in [2.75, 3.05) is 68.7 Å². The number of esters is 1. The predicted octanol–water partition coefficient (Wildman–Crippen LogP) is 6.22. The average molecular weight is 1510 g/mol. The van der Waals surface area contributed by atoms with Gasteiger partial charge in [-0.3, -0.25) is 57.5 Å². The largest absolute Gasteiger partial charge is 0.469 e. The van der Waals surface area contributed by atoms with E-state index in [2.05, 4.69) is 26.6 Å². The summed E-state index contributed by atoms with van der Waals surface area (Å²) in [6.45, 7) is 37.1. The van der Waals surface area contributed by atoms with E-state index >= 15 is 33.6 Å². The second-order valence-corrected chi connectivity index (χ2v) is 34.7.